The molecule has 0 amide bonds. The summed E-state index contributed by atoms with van der Waals surface area (Å²) in [5, 5.41) is 10.1. The average Bonchev–Trinajstić information content (AvgIpc) is 3.17. The molecule has 0 unspecified atom stereocenters. The zero-order valence-corrected chi connectivity index (χ0v) is 35.5. The van der Waals surface area contributed by atoms with E-state index in [9.17, 15) is 14.7 Å². The summed E-state index contributed by atoms with van der Waals surface area (Å²) >= 11 is 0. The van der Waals surface area contributed by atoms with E-state index in [2.05, 4.69) is 74.6 Å². The Morgan fingerprint density at radius 3 is 1.06 bits per heavy atom. The molecule has 0 aromatic heterocycles. The molecule has 0 heterocycles. The monoisotopic (exact) mass is 755 g/mol. The fourth-order valence-electron chi connectivity index (χ4n) is 6.35. The molecule has 0 fully saturated rings. The van der Waals surface area contributed by atoms with Crippen molar-refractivity contribution < 1.29 is 24.2 Å². The van der Waals surface area contributed by atoms with Gasteiger partial charge in [0.1, 0.15) is 19.3 Å². The van der Waals surface area contributed by atoms with Gasteiger partial charge in [-0.25, -0.2) is 0 Å². The van der Waals surface area contributed by atoms with Crippen LogP contribution in [0.2, 0.25) is 0 Å². The highest BCUT2D eigenvalue weighted by molar-refractivity contribution is 5.69. The lowest BCUT2D eigenvalue weighted by Gasteiger charge is -2.12. The third-order valence-corrected chi connectivity index (χ3v) is 9.77. The van der Waals surface area contributed by atoms with Crippen LogP contribution in [0, 0.1) is 0 Å². The molecule has 0 aromatic carbocycles. The van der Waals surface area contributed by atoms with Gasteiger partial charge < -0.3 is 14.6 Å². The minimum Gasteiger partial charge on any atom is -0.463 e. The van der Waals surface area contributed by atoms with Crippen LogP contribution in [-0.2, 0) is 19.1 Å². The molecule has 0 aliphatic rings. The molecule has 0 aliphatic heterocycles. The molecule has 54 heavy (non-hydrogen) atoms. The van der Waals surface area contributed by atoms with Crippen LogP contribution in [0.3, 0.4) is 0 Å². The van der Waals surface area contributed by atoms with Crippen LogP contribution in [0.25, 0.3) is 0 Å². The van der Waals surface area contributed by atoms with Crippen molar-refractivity contribution in [2.24, 2.45) is 0 Å². The van der Waals surface area contributed by atoms with Gasteiger partial charge in [-0.3, -0.25) is 9.59 Å². The van der Waals surface area contributed by atoms with Crippen molar-refractivity contribution in [1.82, 2.24) is 0 Å². The van der Waals surface area contributed by atoms with E-state index in [-0.39, 0.29) is 25.2 Å². The summed E-state index contributed by atoms with van der Waals surface area (Å²) in [5.41, 5.74) is 0. The van der Waals surface area contributed by atoms with Crippen molar-refractivity contribution in [2.75, 3.05) is 13.2 Å². The number of aliphatic hydroxyl groups is 1. The average molecular weight is 755 g/mol. The van der Waals surface area contributed by atoms with Gasteiger partial charge in [0.25, 0.3) is 0 Å². The maximum atomic E-state index is 12.0. The van der Waals surface area contributed by atoms with E-state index in [0.29, 0.717) is 12.8 Å². The quantitative estimate of drug-likeness (QED) is 0.0382. The van der Waals surface area contributed by atoms with Crippen molar-refractivity contribution in [3.8, 4) is 0 Å². The molecule has 1 N–H and O–H groups in total. The first-order chi connectivity index (χ1) is 26.6. The highest BCUT2D eigenvalue weighted by Crippen LogP contribution is 2.15. The minimum absolute atomic E-state index is 0.126. The highest BCUT2D eigenvalue weighted by atomic mass is 16.6. The fourth-order valence-corrected chi connectivity index (χ4v) is 6.35. The summed E-state index contributed by atoms with van der Waals surface area (Å²) in [6.07, 6.45) is 58.6. The molecule has 0 saturated heterocycles. The molecule has 312 valence electrons. The Morgan fingerprint density at radius 1 is 0.407 bits per heavy atom. The van der Waals surface area contributed by atoms with Crippen LogP contribution >= 0.6 is 0 Å². The molecule has 0 bridgehead atoms. The number of carbonyl (C=O) groups is 2. The molecule has 0 aromatic rings. The first-order valence-electron chi connectivity index (χ1n) is 22.8. The largest absolute Gasteiger partial charge is 0.463 e. The first kappa shape index (κ1) is 51.6. The number of rotatable bonds is 41. The molecule has 5 nitrogen and oxygen atoms in total. The van der Waals surface area contributed by atoms with Crippen LogP contribution in [-0.4, -0.2) is 36.4 Å². The predicted octanol–water partition coefficient (Wildman–Crippen LogP) is 14.7. The minimum atomic E-state index is -0.979. The molecule has 0 spiro atoms. The molecule has 0 aliphatic carbocycles. The van der Waals surface area contributed by atoms with Gasteiger partial charge in [-0.05, 0) is 57.8 Å². The second-order valence-electron chi connectivity index (χ2n) is 15.1. The Bertz CT molecular complexity index is 946. The summed E-state index contributed by atoms with van der Waals surface area (Å²) in [6.45, 7) is 4.18. The van der Waals surface area contributed by atoms with Crippen molar-refractivity contribution in [3.05, 3.63) is 60.8 Å². The first-order valence-corrected chi connectivity index (χ1v) is 22.8. The lowest BCUT2D eigenvalue weighted by molar-refractivity contribution is -0.152. The Labute approximate surface area is 334 Å². The van der Waals surface area contributed by atoms with Gasteiger partial charge in [-0.1, -0.05) is 209 Å². The maximum Gasteiger partial charge on any atom is 0.305 e. The van der Waals surface area contributed by atoms with E-state index in [4.69, 9.17) is 9.47 Å². The molecule has 5 heteroatoms. The van der Waals surface area contributed by atoms with Gasteiger partial charge in [-0.2, -0.15) is 0 Å². The lowest BCUT2D eigenvalue weighted by Crippen LogP contribution is -2.25. The molecule has 0 radical (unpaired) electrons. The van der Waals surface area contributed by atoms with E-state index >= 15 is 0 Å². The van der Waals surface area contributed by atoms with Crippen molar-refractivity contribution in [2.45, 2.75) is 225 Å². The molecule has 0 saturated carbocycles. The van der Waals surface area contributed by atoms with Crippen molar-refractivity contribution >= 4 is 11.9 Å². The Morgan fingerprint density at radius 2 is 0.704 bits per heavy atom. The van der Waals surface area contributed by atoms with Crippen LogP contribution in [0.15, 0.2) is 60.8 Å². The number of ether oxygens (including phenoxy) is 2. The van der Waals surface area contributed by atoms with Gasteiger partial charge in [0.15, 0.2) is 0 Å². The smallest absolute Gasteiger partial charge is 0.305 e. The predicted molar refractivity (Wildman–Crippen MR) is 233 cm³/mol. The topological polar surface area (TPSA) is 72.8 Å². The summed E-state index contributed by atoms with van der Waals surface area (Å²) in [6, 6.07) is 0. The fraction of sp³-hybridized carbons (Fsp3) is 0.755. The van der Waals surface area contributed by atoms with E-state index in [1.807, 2.05) is 0 Å². The SMILES string of the molecule is CC/C=C\C/C=C\C/C=C\C/C=C\C/C=C\CCCCCC(=O)OC[C@H](O)COC(=O)CCCCCCCCCCCCCCCCCCCCCCC. The summed E-state index contributed by atoms with van der Waals surface area (Å²) in [7, 11) is 0. The third-order valence-electron chi connectivity index (χ3n) is 9.77. The van der Waals surface area contributed by atoms with Gasteiger partial charge in [-0.15, -0.1) is 0 Å². The standard InChI is InChI=1S/C49H86O5/c1-3-5-7-9-11-13-15-17-19-21-23-24-26-28-30-32-34-36-38-40-42-44-49(52)54-46-47(50)45-53-48(51)43-41-39-37-35-33-31-29-27-25-22-20-18-16-14-12-10-8-6-4-2/h6,8,12,14,18,20,25,27,31,33,47,50H,3-5,7,9-11,13,15-17,19,21-24,26,28-30,32,34-46H2,1-2H3/b8-6-,14-12-,20-18-,27-25-,33-31-/t47-/m0/s1. The molecular weight excluding hydrogens is 669 g/mol. The summed E-state index contributed by atoms with van der Waals surface area (Å²) < 4.78 is 10.4. The third kappa shape index (κ3) is 44.0. The van der Waals surface area contributed by atoms with E-state index in [1.165, 1.54) is 116 Å². The van der Waals surface area contributed by atoms with Gasteiger partial charge in [0.2, 0.25) is 0 Å². The van der Waals surface area contributed by atoms with E-state index < -0.39 is 6.10 Å². The number of hydrogen-bond acceptors (Lipinski definition) is 5. The second kappa shape index (κ2) is 45.0. The summed E-state index contributed by atoms with van der Waals surface area (Å²) in [5.74, 6) is -0.597. The van der Waals surface area contributed by atoms with Crippen LogP contribution in [0.4, 0.5) is 0 Å². The normalized spacial score (nSPS) is 12.7. The number of hydrogen-bond donors (Lipinski definition) is 1. The summed E-state index contributed by atoms with van der Waals surface area (Å²) in [4.78, 5) is 24.0. The van der Waals surface area contributed by atoms with E-state index in [0.717, 1.165) is 77.0 Å². The van der Waals surface area contributed by atoms with E-state index in [1.54, 1.807) is 0 Å². The zero-order chi connectivity index (χ0) is 39.3. The molecular formula is C49H86O5. The Hall–Kier alpha value is -2.40. The number of esters is 2. The van der Waals surface area contributed by atoms with Crippen molar-refractivity contribution in [3.63, 3.8) is 0 Å². The number of aliphatic hydroxyl groups excluding tert-OH is 1. The van der Waals surface area contributed by atoms with Crippen LogP contribution < -0.4 is 0 Å². The number of allylic oxidation sites excluding steroid dienone is 10. The number of carbonyl (C=O) groups excluding carboxylic acids is 2. The van der Waals surface area contributed by atoms with Gasteiger partial charge in [0, 0.05) is 12.8 Å². The van der Waals surface area contributed by atoms with Gasteiger partial charge in [0.05, 0.1) is 0 Å². The zero-order valence-electron chi connectivity index (χ0n) is 35.5. The Balaban J connectivity index is 3.46. The van der Waals surface area contributed by atoms with Crippen LogP contribution in [0.5, 0.6) is 0 Å². The lowest BCUT2D eigenvalue weighted by atomic mass is 10.0. The maximum absolute atomic E-state index is 12.0. The molecule has 1 atom stereocenters. The van der Waals surface area contributed by atoms with Crippen LogP contribution in [0.1, 0.15) is 219 Å². The van der Waals surface area contributed by atoms with Crippen molar-refractivity contribution in [1.29, 1.82) is 0 Å². The highest BCUT2D eigenvalue weighted by Gasteiger charge is 2.12. The van der Waals surface area contributed by atoms with Gasteiger partial charge >= 0.3 is 11.9 Å². The second-order valence-corrected chi connectivity index (χ2v) is 15.1. The number of unbranched alkanes of at least 4 members (excludes halogenated alkanes) is 23. The molecule has 0 rings (SSSR count). The Kier molecular flexibility index (Phi) is 43.0.